The number of allylic oxidation sites excluding steroid dienone is 2. The van der Waals surface area contributed by atoms with E-state index < -0.39 is 6.04 Å². The normalized spacial score (nSPS) is 18.5. The minimum absolute atomic E-state index is 0.0906. The number of tetrazole rings is 1. The zero-order valence-corrected chi connectivity index (χ0v) is 21.2. The van der Waals surface area contributed by atoms with Crippen LogP contribution in [0, 0.1) is 5.41 Å². The van der Waals surface area contributed by atoms with Crippen LogP contribution in [-0.2, 0) is 11.4 Å². The van der Waals surface area contributed by atoms with E-state index in [-0.39, 0.29) is 11.2 Å². The molecule has 0 spiro atoms. The van der Waals surface area contributed by atoms with E-state index in [1.807, 2.05) is 31.2 Å². The third kappa shape index (κ3) is 4.60. The summed E-state index contributed by atoms with van der Waals surface area (Å²) >= 11 is 12.1. The molecule has 8 nitrogen and oxygen atoms in total. The first-order chi connectivity index (χ1) is 16.8. The third-order valence-electron chi connectivity index (χ3n) is 6.16. The monoisotopic (exact) mass is 513 g/mol. The summed E-state index contributed by atoms with van der Waals surface area (Å²) in [6.07, 6.45) is 1.20. The van der Waals surface area contributed by atoms with Gasteiger partial charge in [0.2, 0.25) is 5.95 Å². The second-order valence-corrected chi connectivity index (χ2v) is 10.3. The summed E-state index contributed by atoms with van der Waals surface area (Å²) in [4.78, 5) is 13.3. The van der Waals surface area contributed by atoms with Gasteiger partial charge in [0, 0.05) is 17.7 Å². The maximum absolute atomic E-state index is 13.3. The van der Waals surface area contributed by atoms with E-state index in [4.69, 9.17) is 32.7 Å². The van der Waals surface area contributed by atoms with E-state index in [2.05, 4.69) is 34.7 Å². The number of nitrogens with one attached hydrogen (secondary N) is 1. The van der Waals surface area contributed by atoms with Gasteiger partial charge in [0.1, 0.15) is 12.6 Å². The molecule has 0 bridgehead atoms. The Balaban J connectivity index is 1.50. The predicted octanol–water partition coefficient (Wildman–Crippen LogP) is 5.62. The van der Waals surface area contributed by atoms with Gasteiger partial charge in [0.15, 0.2) is 17.3 Å². The number of fused-ring (bicyclic) bond motifs is 1. The summed E-state index contributed by atoms with van der Waals surface area (Å²) in [5, 5.41) is 16.4. The van der Waals surface area contributed by atoms with Crippen molar-refractivity contribution in [2.75, 3.05) is 11.9 Å². The Labute approximate surface area is 213 Å². The van der Waals surface area contributed by atoms with Crippen LogP contribution in [0.25, 0.3) is 0 Å². The number of ketones is 1. The highest BCUT2D eigenvalue weighted by Crippen LogP contribution is 2.46. The lowest BCUT2D eigenvalue weighted by Crippen LogP contribution is -2.36. The van der Waals surface area contributed by atoms with Crippen LogP contribution in [0.5, 0.6) is 11.5 Å². The lowest BCUT2D eigenvalue weighted by Gasteiger charge is -2.37. The highest BCUT2D eigenvalue weighted by Gasteiger charge is 2.42. The summed E-state index contributed by atoms with van der Waals surface area (Å²) in [7, 11) is 0. The van der Waals surface area contributed by atoms with Crippen molar-refractivity contribution in [2.24, 2.45) is 5.41 Å². The standard InChI is InChI=1S/C25H25Cl2N5O3/c1-4-34-21-10-15(6-8-20(21)35-13-14-5-7-16(26)17(27)9-14)23-22-18(11-25(2,3)12-19(22)33)28-24-29-30-31-32(23)24/h5-10,23H,4,11-13H2,1-3H3,(H,28,29,31). The molecule has 3 aromatic rings. The molecule has 2 aromatic carbocycles. The van der Waals surface area contributed by atoms with Gasteiger partial charge in [-0.1, -0.05) is 54.3 Å². The highest BCUT2D eigenvalue weighted by molar-refractivity contribution is 6.42. The minimum atomic E-state index is -0.455. The average molecular weight is 514 g/mol. The van der Waals surface area contributed by atoms with E-state index in [1.165, 1.54) is 0 Å². The Kier molecular flexibility index (Phi) is 6.19. The van der Waals surface area contributed by atoms with Crippen LogP contribution in [0.4, 0.5) is 5.95 Å². The topological polar surface area (TPSA) is 91.2 Å². The van der Waals surface area contributed by atoms with Crippen molar-refractivity contribution >= 4 is 34.9 Å². The molecule has 0 saturated heterocycles. The van der Waals surface area contributed by atoms with Crippen LogP contribution < -0.4 is 14.8 Å². The van der Waals surface area contributed by atoms with Gasteiger partial charge in [0.05, 0.1) is 16.7 Å². The first kappa shape index (κ1) is 23.6. The molecule has 1 N–H and O–H groups in total. The molecule has 0 saturated carbocycles. The molecule has 1 unspecified atom stereocenters. The fourth-order valence-corrected chi connectivity index (χ4v) is 4.97. The fourth-order valence-electron chi connectivity index (χ4n) is 4.65. The Morgan fingerprint density at radius 2 is 1.91 bits per heavy atom. The highest BCUT2D eigenvalue weighted by atomic mass is 35.5. The van der Waals surface area contributed by atoms with E-state index in [9.17, 15) is 4.79 Å². The number of anilines is 1. The molecule has 1 aliphatic heterocycles. The molecule has 0 radical (unpaired) electrons. The zero-order chi connectivity index (χ0) is 24.7. The lowest BCUT2D eigenvalue weighted by molar-refractivity contribution is -0.118. The molecule has 0 fully saturated rings. The van der Waals surface area contributed by atoms with E-state index in [0.717, 1.165) is 23.2 Å². The van der Waals surface area contributed by atoms with E-state index in [1.54, 1.807) is 16.8 Å². The van der Waals surface area contributed by atoms with Crippen molar-refractivity contribution < 1.29 is 14.3 Å². The van der Waals surface area contributed by atoms with Crippen molar-refractivity contribution in [3.05, 3.63) is 68.8 Å². The number of aromatic nitrogens is 4. The van der Waals surface area contributed by atoms with Gasteiger partial charge in [-0.05, 0) is 64.6 Å². The zero-order valence-electron chi connectivity index (χ0n) is 19.6. The Hall–Kier alpha value is -3.10. The smallest absolute Gasteiger partial charge is 0.248 e. The number of benzene rings is 2. The maximum Gasteiger partial charge on any atom is 0.248 e. The molecule has 5 rings (SSSR count). The molecule has 1 aromatic heterocycles. The molecule has 10 heteroatoms. The molecule has 182 valence electrons. The number of carbonyl (C=O) groups excluding carboxylic acids is 1. The Bertz CT molecular complexity index is 1330. The largest absolute Gasteiger partial charge is 0.490 e. The van der Waals surface area contributed by atoms with Crippen LogP contribution >= 0.6 is 23.2 Å². The number of halogens is 2. The number of hydrogen-bond acceptors (Lipinski definition) is 7. The van der Waals surface area contributed by atoms with E-state index in [0.29, 0.717) is 52.7 Å². The molecular weight excluding hydrogens is 489 g/mol. The van der Waals surface area contributed by atoms with Crippen molar-refractivity contribution in [3.8, 4) is 11.5 Å². The minimum Gasteiger partial charge on any atom is -0.490 e. The van der Waals surface area contributed by atoms with Gasteiger partial charge in [-0.2, -0.15) is 4.68 Å². The quantitative estimate of drug-likeness (QED) is 0.457. The van der Waals surface area contributed by atoms with Crippen LogP contribution in [0.1, 0.15) is 50.8 Å². The first-order valence-electron chi connectivity index (χ1n) is 11.4. The van der Waals surface area contributed by atoms with Gasteiger partial charge in [-0.3, -0.25) is 4.79 Å². The summed E-state index contributed by atoms with van der Waals surface area (Å²) < 4.78 is 13.6. The number of rotatable bonds is 6. The summed E-state index contributed by atoms with van der Waals surface area (Å²) in [5.41, 5.74) is 3.15. The van der Waals surface area contributed by atoms with Crippen LogP contribution in [0.3, 0.4) is 0 Å². The molecule has 35 heavy (non-hydrogen) atoms. The molecule has 1 atom stereocenters. The maximum atomic E-state index is 13.3. The third-order valence-corrected chi connectivity index (χ3v) is 6.89. The van der Waals surface area contributed by atoms with Gasteiger partial charge in [0.25, 0.3) is 0 Å². The first-order valence-corrected chi connectivity index (χ1v) is 12.2. The Morgan fingerprint density at radius 1 is 1.09 bits per heavy atom. The molecule has 2 heterocycles. The second-order valence-electron chi connectivity index (χ2n) is 9.48. The number of ether oxygens (including phenoxy) is 2. The molecular formula is C25H25Cl2N5O3. The van der Waals surface area contributed by atoms with Crippen molar-refractivity contribution in [1.82, 2.24) is 20.2 Å². The SMILES string of the molecule is CCOc1cc(C2C3=C(CC(C)(C)CC3=O)Nc3nnnn32)ccc1OCc1ccc(Cl)c(Cl)c1. The summed E-state index contributed by atoms with van der Waals surface area (Å²) in [6.45, 7) is 6.85. The predicted molar refractivity (Wildman–Crippen MR) is 133 cm³/mol. The Morgan fingerprint density at radius 3 is 2.69 bits per heavy atom. The summed E-state index contributed by atoms with van der Waals surface area (Å²) in [5.74, 6) is 1.76. The van der Waals surface area contributed by atoms with Gasteiger partial charge < -0.3 is 14.8 Å². The molecule has 2 aliphatic rings. The number of Topliss-reactive ketones (excluding diaryl/α,β-unsaturated/α-hetero) is 1. The number of hydrogen-bond donors (Lipinski definition) is 1. The number of carbonyl (C=O) groups is 1. The van der Waals surface area contributed by atoms with Crippen molar-refractivity contribution in [3.63, 3.8) is 0 Å². The van der Waals surface area contributed by atoms with Gasteiger partial charge in [-0.15, -0.1) is 0 Å². The van der Waals surface area contributed by atoms with Crippen LogP contribution in [0.2, 0.25) is 10.0 Å². The average Bonchev–Trinajstić information content (AvgIpc) is 3.26. The second kappa shape index (κ2) is 9.17. The molecule has 0 amide bonds. The molecule has 1 aliphatic carbocycles. The van der Waals surface area contributed by atoms with E-state index >= 15 is 0 Å². The van der Waals surface area contributed by atoms with Crippen molar-refractivity contribution in [1.29, 1.82) is 0 Å². The van der Waals surface area contributed by atoms with Crippen molar-refractivity contribution in [2.45, 2.75) is 46.3 Å². The van der Waals surface area contributed by atoms with Gasteiger partial charge >= 0.3 is 0 Å². The lowest BCUT2D eigenvalue weighted by atomic mass is 9.73. The number of nitrogens with zero attached hydrogens (tertiary/aromatic N) is 4. The fraction of sp³-hybridized carbons (Fsp3) is 0.360. The van der Waals surface area contributed by atoms with Crippen LogP contribution in [0.15, 0.2) is 47.7 Å². The van der Waals surface area contributed by atoms with Gasteiger partial charge in [-0.25, -0.2) is 0 Å². The van der Waals surface area contributed by atoms with Crippen LogP contribution in [-0.4, -0.2) is 32.6 Å². The summed E-state index contributed by atoms with van der Waals surface area (Å²) in [6, 6.07) is 10.6.